The molecule has 0 bridgehead atoms. The summed E-state index contributed by atoms with van der Waals surface area (Å²) < 4.78 is 0. The average Bonchev–Trinajstić information content (AvgIpc) is 2.83. The second-order valence-corrected chi connectivity index (χ2v) is 5.19. The molecular formula is C14H20N4. The summed E-state index contributed by atoms with van der Waals surface area (Å²) in [6, 6.07) is 6.40. The van der Waals surface area contributed by atoms with E-state index in [0.29, 0.717) is 5.92 Å². The Balaban J connectivity index is 2.05. The Morgan fingerprint density at radius 1 is 1.22 bits per heavy atom. The van der Waals surface area contributed by atoms with Crippen molar-refractivity contribution in [2.45, 2.75) is 19.8 Å². The fraction of sp³-hybridized carbons (Fsp3) is 0.500. The van der Waals surface area contributed by atoms with E-state index in [4.69, 9.17) is 4.98 Å². The van der Waals surface area contributed by atoms with Crippen LogP contribution < -0.4 is 10.2 Å². The first kappa shape index (κ1) is 11.5. The quantitative estimate of drug-likeness (QED) is 0.850. The number of benzene rings is 1. The van der Waals surface area contributed by atoms with Gasteiger partial charge in [0.1, 0.15) is 11.3 Å². The van der Waals surface area contributed by atoms with Crippen LogP contribution in [-0.4, -0.2) is 36.1 Å². The molecule has 1 aromatic carbocycles. The number of fused-ring (bicyclic) bond motifs is 1. The van der Waals surface area contributed by atoms with Gasteiger partial charge in [0.05, 0.1) is 11.2 Å². The Morgan fingerprint density at radius 3 is 2.72 bits per heavy atom. The summed E-state index contributed by atoms with van der Waals surface area (Å²) >= 11 is 0. The van der Waals surface area contributed by atoms with Gasteiger partial charge in [-0.15, -0.1) is 0 Å². The van der Waals surface area contributed by atoms with Crippen molar-refractivity contribution in [1.82, 2.24) is 15.3 Å². The second kappa shape index (κ2) is 4.61. The predicted molar refractivity (Wildman–Crippen MR) is 75.3 cm³/mol. The van der Waals surface area contributed by atoms with Gasteiger partial charge in [-0.25, -0.2) is 4.98 Å². The fourth-order valence-electron chi connectivity index (χ4n) is 2.47. The maximum atomic E-state index is 4.77. The number of rotatable bonds is 2. The maximum absolute atomic E-state index is 4.77. The highest BCUT2D eigenvalue weighted by Crippen LogP contribution is 2.27. The third-order valence-electron chi connectivity index (χ3n) is 3.51. The molecular weight excluding hydrogens is 224 g/mol. The minimum absolute atomic E-state index is 0.438. The summed E-state index contributed by atoms with van der Waals surface area (Å²) in [5.41, 5.74) is 3.52. The van der Waals surface area contributed by atoms with Crippen molar-refractivity contribution in [2.75, 3.05) is 31.1 Å². The number of hydrogen-bond donors (Lipinski definition) is 2. The normalized spacial score (nSPS) is 16.7. The number of imidazole rings is 1. The molecule has 1 fully saturated rings. The van der Waals surface area contributed by atoms with Crippen LogP contribution in [0.15, 0.2) is 18.2 Å². The number of nitrogens with one attached hydrogen (secondary N) is 2. The molecule has 1 aromatic heterocycles. The van der Waals surface area contributed by atoms with Crippen LogP contribution in [0, 0.1) is 0 Å². The topological polar surface area (TPSA) is 44.0 Å². The Hall–Kier alpha value is -1.55. The first-order valence-electron chi connectivity index (χ1n) is 6.70. The highest BCUT2D eigenvalue weighted by Gasteiger charge is 2.16. The summed E-state index contributed by atoms with van der Waals surface area (Å²) in [5.74, 6) is 1.51. The Morgan fingerprint density at radius 2 is 2.00 bits per heavy atom. The van der Waals surface area contributed by atoms with Gasteiger partial charge >= 0.3 is 0 Å². The lowest BCUT2D eigenvalue weighted by atomic mass is 10.2. The van der Waals surface area contributed by atoms with Crippen molar-refractivity contribution < 1.29 is 0 Å². The maximum Gasteiger partial charge on any atom is 0.112 e. The molecule has 2 heterocycles. The lowest BCUT2D eigenvalue weighted by Crippen LogP contribution is -2.43. The van der Waals surface area contributed by atoms with Crippen LogP contribution in [0.5, 0.6) is 0 Å². The minimum Gasteiger partial charge on any atom is -0.367 e. The van der Waals surface area contributed by atoms with Gasteiger partial charge in [-0.2, -0.15) is 0 Å². The van der Waals surface area contributed by atoms with Gasteiger partial charge in [0.25, 0.3) is 0 Å². The molecule has 0 unspecified atom stereocenters. The largest absolute Gasteiger partial charge is 0.367 e. The SMILES string of the molecule is CC(C)c1nc2c(N3CCNCC3)cccc2[nH]1. The van der Waals surface area contributed by atoms with Crippen LogP contribution in [0.1, 0.15) is 25.6 Å². The molecule has 1 aliphatic rings. The number of piperazine rings is 1. The van der Waals surface area contributed by atoms with E-state index in [0.717, 1.165) is 43.0 Å². The molecule has 0 spiro atoms. The highest BCUT2D eigenvalue weighted by molar-refractivity contribution is 5.89. The van der Waals surface area contributed by atoms with Gasteiger partial charge in [0.15, 0.2) is 0 Å². The summed E-state index contributed by atoms with van der Waals surface area (Å²) in [6.07, 6.45) is 0. The molecule has 0 saturated carbocycles. The van der Waals surface area contributed by atoms with Crippen LogP contribution in [0.3, 0.4) is 0 Å². The molecule has 0 amide bonds. The Kier molecular flexibility index (Phi) is 2.96. The summed E-state index contributed by atoms with van der Waals surface area (Å²) in [5, 5.41) is 3.39. The van der Waals surface area contributed by atoms with Crippen molar-refractivity contribution in [3.8, 4) is 0 Å². The first-order valence-corrected chi connectivity index (χ1v) is 6.70. The molecule has 1 saturated heterocycles. The second-order valence-electron chi connectivity index (χ2n) is 5.19. The third kappa shape index (κ3) is 1.97. The van der Waals surface area contributed by atoms with Crippen LogP contribution in [0.25, 0.3) is 11.0 Å². The zero-order valence-corrected chi connectivity index (χ0v) is 11.0. The van der Waals surface area contributed by atoms with Gasteiger partial charge in [-0.1, -0.05) is 19.9 Å². The van der Waals surface area contributed by atoms with Crippen molar-refractivity contribution in [3.05, 3.63) is 24.0 Å². The molecule has 2 N–H and O–H groups in total. The number of H-pyrrole nitrogens is 1. The number of aromatic nitrogens is 2. The first-order chi connectivity index (χ1) is 8.75. The molecule has 0 atom stereocenters. The minimum atomic E-state index is 0.438. The van der Waals surface area contributed by atoms with Crippen molar-refractivity contribution in [2.24, 2.45) is 0 Å². The van der Waals surface area contributed by atoms with E-state index in [9.17, 15) is 0 Å². The van der Waals surface area contributed by atoms with E-state index in [1.165, 1.54) is 5.69 Å². The lowest BCUT2D eigenvalue weighted by molar-refractivity contribution is 0.590. The van der Waals surface area contributed by atoms with Crippen molar-refractivity contribution in [1.29, 1.82) is 0 Å². The van der Waals surface area contributed by atoms with Crippen molar-refractivity contribution >= 4 is 16.7 Å². The molecule has 0 radical (unpaired) electrons. The van der Waals surface area contributed by atoms with Crippen LogP contribution in [-0.2, 0) is 0 Å². The van der Waals surface area contributed by atoms with E-state index in [1.54, 1.807) is 0 Å². The number of hydrogen-bond acceptors (Lipinski definition) is 3. The fourth-order valence-corrected chi connectivity index (χ4v) is 2.47. The summed E-state index contributed by atoms with van der Waals surface area (Å²) in [7, 11) is 0. The Bertz CT molecular complexity index is 538. The molecule has 4 heteroatoms. The Labute approximate surface area is 107 Å². The number of nitrogens with zero attached hydrogens (tertiary/aromatic N) is 2. The monoisotopic (exact) mass is 244 g/mol. The van der Waals surface area contributed by atoms with Crippen LogP contribution in [0.4, 0.5) is 5.69 Å². The van der Waals surface area contributed by atoms with Gasteiger partial charge in [-0.05, 0) is 12.1 Å². The average molecular weight is 244 g/mol. The van der Waals surface area contributed by atoms with Crippen LogP contribution in [0.2, 0.25) is 0 Å². The molecule has 96 valence electrons. The molecule has 4 nitrogen and oxygen atoms in total. The smallest absolute Gasteiger partial charge is 0.112 e. The van der Waals surface area contributed by atoms with E-state index in [2.05, 4.69) is 47.2 Å². The summed E-state index contributed by atoms with van der Waals surface area (Å²) in [4.78, 5) is 10.6. The molecule has 0 aliphatic carbocycles. The van der Waals surface area contributed by atoms with Crippen molar-refractivity contribution in [3.63, 3.8) is 0 Å². The number of aromatic amines is 1. The van der Waals surface area contributed by atoms with E-state index < -0.39 is 0 Å². The highest BCUT2D eigenvalue weighted by atomic mass is 15.2. The van der Waals surface area contributed by atoms with Gasteiger partial charge in [-0.3, -0.25) is 0 Å². The predicted octanol–water partition coefficient (Wildman–Crippen LogP) is 2.10. The third-order valence-corrected chi connectivity index (χ3v) is 3.51. The molecule has 3 rings (SSSR count). The van der Waals surface area contributed by atoms with E-state index in [1.807, 2.05) is 0 Å². The number of anilines is 1. The summed E-state index contributed by atoms with van der Waals surface area (Å²) in [6.45, 7) is 8.56. The van der Waals surface area contributed by atoms with Gasteiger partial charge < -0.3 is 15.2 Å². The zero-order chi connectivity index (χ0) is 12.5. The molecule has 18 heavy (non-hydrogen) atoms. The van der Waals surface area contributed by atoms with E-state index in [-0.39, 0.29) is 0 Å². The molecule has 2 aromatic rings. The van der Waals surface area contributed by atoms with Gasteiger partial charge in [0, 0.05) is 32.1 Å². The van der Waals surface area contributed by atoms with Gasteiger partial charge in [0.2, 0.25) is 0 Å². The number of para-hydroxylation sites is 1. The standard InChI is InChI=1S/C14H20N4/c1-10(2)14-16-11-4-3-5-12(13(11)17-14)18-8-6-15-7-9-18/h3-5,10,15H,6-9H2,1-2H3,(H,16,17). The molecule has 1 aliphatic heterocycles. The lowest BCUT2D eigenvalue weighted by Gasteiger charge is -2.29. The van der Waals surface area contributed by atoms with E-state index >= 15 is 0 Å². The van der Waals surface area contributed by atoms with Crippen LogP contribution >= 0.6 is 0 Å². The zero-order valence-electron chi connectivity index (χ0n) is 11.0.